The summed E-state index contributed by atoms with van der Waals surface area (Å²) in [6.45, 7) is 7.39. The quantitative estimate of drug-likeness (QED) is 0.863. The molecule has 5 nitrogen and oxygen atoms in total. The maximum absolute atomic E-state index is 12.0. The number of nitrogens with zero attached hydrogens (tertiary/aromatic N) is 2. The van der Waals surface area contributed by atoms with Crippen LogP contribution in [-0.4, -0.2) is 46.0 Å². The third-order valence-corrected chi connectivity index (χ3v) is 4.27. The molecule has 1 amide bonds. The molecule has 0 saturated carbocycles. The van der Waals surface area contributed by atoms with Gasteiger partial charge in [-0.25, -0.2) is 0 Å². The number of aliphatic hydroxyl groups is 1. The van der Waals surface area contributed by atoms with Crippen molar-refractivity contribution in [2.45, 2.75) is 39.0 Å². The van der Waals surface area contributed by atoms with Gasteiger partial charge in [0, 0.05) is 18.4 Å². The molecule has 0 aromatic carbocycles. The second-order valence-electron chi connectivity index (χ2n) is 5.22. The lowest BCUT2D eigenvalue weighted by Crippen LogP contribution is -2.48. The summed E-state index contributed by atoms with van der Waals surface area (Å²) in [5.74, 6) is 1.90. The third-order valence-electron chi connectivity index (χ3n) is 3.32. The maximum atomic E-state index is 12.0. The Morgan fingerprint density at radius 3 is 2.58 bits per heavy atom. The molecule has 0 aliphatic heterocycles. The summed E-state index contributed by atoms with van der Waals surface area (Å²) in [6, 6.07) is 0. The Bertz CT molecular complexity index is 424. The monoisotopic (exact) mass is 286 g/mol. The minimum Gasteiger partial charge on any atom is -0.394 e. The zero-order valence-corrected chi connectivity index (χ0v) is 13.0. The van der Waals surface area contributed by atoms with Gasteiger partial charge in [0.05, 0.1) is 23.6 Å². The Kier molecular flexibility index (Phi) is 5.43. The number of aryl methyl sites for hydroxylation is 2. The number of amides is 1. The number of rotatable bonds is 6. The van der Waals surface area contributed by atoms with Gasteiger partial charge in [0.2, 0.25) is 5.91 Å². The molecule has 0 atom stereocenters. The zero-order valence-electron chi connectivity index (χ0n) is 12.2. The lowest BCUT2D eigenvalue weighted by atomic mass is 10.1. The van der Waals surface area contributed by atoms with Crippen molar-refractivity contribution in [3.8, 4) is 0 Å². The van der Waals surface area contributed by atoms with E-state index in [-0.39, 0.29) is 12.5 Å². The fourth-order valence-corrected chi connectivity index (χ4v) is 2.58. The number of likely N-dealkylation sites (N-methyl/N-ethyl adjacent to an activating group) is 1. The molecule has 0 bridgehead atoms. The van der Waals surface area contributed by atoms with Gasteiger partial charge in [-0.3, -0.25) is 4.79 Å². The first-order valence-electron chi connectivity index (χ1n) is 6.16. The molecule has 1 rings (SSSR count). The first-order chi connectivity index (χ1) is 8.79. The number of carbonyl (C=O) groups is 1. The summed E-state index contributed by atoms with van der Waals surface area (Å²) in [5.41, 5.74) is 1.41. The Hall–Kier alpha value is -1.01. The fraction of sp³-hybridized carbons (Fsp3) is 0.692. The fourth-order valence-electron chi connectivity index (χ4n) is 1.49. The summed E-state index contributed by atoms with van der Waals surface area (Å²) >= 11 is 1.53. The van der Waals surface area contributed by atoms with Crippen molar-refractivity contribution < 1.29 is 14.4 Å². The third kappa shape index (κ3) is 3.98. The van der Waals surface area contributed by atoms with Crippen LogP contribution in [0.5, 0.6) is 0 Å². The van der Waals surface area contributed by atoms with Gasteiger partial charge in [-0.05, 0) is 27.7 Å². The minimum atomic E-state index is -0.527. The summed E-state index contributed by atoms with van der Waals surface area (Å²) in [6.07, 6.45) is 0. The van der Waals surface area contributed by atoms with Crippen LogP contribution in [0.25, 0.3) is 0 Å². The van der Waals surface area contributed by atoms with E-state index in [0.29, 0.717) is 11.5 Å². The molecule has 0 saturated heterocycles. The van der Waals surface area contributed by atoms with E-state index in [2.05, 4.69) is 5.16 Å². The van der Waals surface area contributed by atoms with Gasteiger partial charge >= 0.3 is 0 Å². The lowest BCUT2D eigenvalue weighted by Gasteiger charge is -2.33. The molecule has 0 spiro atoms. The topological polar surface area (TPSA) is 66.6 Å². The van der Waals surface area contributed by atoms with Crippen LogP contribution in [0.4, 0.5) is 0 Å². The second kappa shape index (κ2) is 6.43. The Balaban J connectivity index is 2.48. The number of hydrogen-bond acceptors (Lipinski definition) is 5. The van der Waals surface area contributed by atoms with E-state index in [1.165, 1.54) is 11.8 Å². The van der Waals surface area contributed by atoms with Crippen molar-refractivity contribution in [1.82, 2.24) is 10.1 Å². The first kappa shape index (κ1) is 16.0. The van der Waals surface area contributed by atoms with Crippen LogP contribution in [-0.2, 0) is 10.5 Å². The Morgan fingerprint density at radius 2 is 2.11 bits per heavy atom. The van der Waals surface area contributed by atoms with Crippen molar-refractivity contribution in [1.29, 1.82) is 0 Å². The molecule has 0 radical (unpaired) electrons. The molecule has 1 heterocycles. The van der Waals surface area contributed by atoms with Gasteiger partial charge < -0.3 is 14.5 Å². The molecule has 0 aliphatic carbocycles. The number of aromatic nitrogens is 1. The van der Waals surface area contributed by atoms with Crippen LogP contribution in [0.2, 0.25) is 0 Å². The van der Waals surface area contributed by atoms with Crippen LogP contribution in [0.1, 0.15) is 30.9 Å². The van der Waals surface area contributed by atoms with Gasteiger partial charge in [-0.1, -0.05) is 5.16 Å². The maximum Gasteiger partial charge on any atom is 0.232 e. The van der Waals surface area contributed by atoms with Crippen molar-refractivity contribution in [2.75, 3.05) is 19.4 Å². The predicted molar refractivity (Wildman–Crippen MR) is 76.1 cm³/mol. The number of carbonyl (C=O) groups excluding carboxylic acids is 1. The highest BCUT2D eigenvalue weighted by Crippen LogP contribution is 2.20. The molecular formula is C13H22N2O3S. The minimum absolute atomic E-state index is 0.0100. The van der Waals surface area contributed by atoms with Crippen LogP contribution in [0.15, 0.2) is 4.52 Å². The van der Waals surface area contributed by atoms with E-state index in [4.69, 9.17) is 4.52 Å². The number of aliphatic hydroxyl groups excluding tert-OH is 1. The van der Waals surface area contributed by atoms with E-state index in [1.54, 1.807) is 11.9 Å². The van der Waals surface area contributed by atoms with Crippen LogP contribution >= 0.6 is 11.8 Å². The average Bonchev–Trinajstić information content (AvgIpc) is 2.69. The Morgan fingerprint density at radius 1 is 1.47 bits per heavy atom. The van der Waals surface area contributed by atoms with Crippen LogP contribution in [0, 0.1) is 13.8 Å². The van der Waals surface area contributed by atoms with Gasteiger partial charge in [0.1, 0.15) is 5.76 Å². The molecule has 1 aromatic heterocycles. The highest BCUT2D eigenvalue weighted by atomic mass is 32.2. The van der Waals surface area contributed by atoms with Crippen molar-refractivity contribution in [2.24, 2.45) is 0 Å². The van der Waals surface area contributed by atoms with Gasteiger partial charge in [-0.2, -0.15) is 0 Å². The molecule has 0 aliphatic rings. The summed E-state index contributed by atoms with van der Waals surface area (Å²) < 4.78 is 5.08. The smallest absolute Gasteiger partial charge is 0.232 e. The van der Waals surface area contributed by atoms with Gasteiger partial charge in [0.25, 0.3) is 0 Å². The SMILES string of the molecule is Cc1noc(C)c1CSCC(=O)N(C)C(C)(C)CO. The normalized spacial score (nSPS) is 11.7. The number of hydrogen-bond donors (Lipinski definition) is 1. The number of thioether (sulfide) groups is 1. The van der Waals surface area contributed by atoms with Crippen LogP contribution in [0.3, 0.4) is 0 Å². The van der Waals surface area contributed by atoms with Gasteiger partial charge in [0.15, 0.2) is 0 Å². The second-order valence-corrected chi connectivity index (χ2v) is 6.20. The van der Waals surface area contributed by atoms with Crippen LogP contribution < -0.4 is 0 Å². The predicted octanol–water partition coefficient (Wildman–Crippen LogP) is 1.75. The highest BCUT2D eigenvalue weighted by molar-refractivity contribution is 7.99. The molecule has 19 heavy (non-hydrogen) atoms. The summed E-state index contributed by atoms with van der Waals surface area (Å²) in [4.78, 5) is 13.6. The summed E-state index contributed by atoms with van der Waals surface area (Å²) in [7, 11) is 1.72. The van der Waals surface area contributed by atoms with E-state index >= 15 is 0 Å². The zero-order chi connectivity index (χ0) is 14.6. The molecule has 1 N–H and O–H groups in total. The Labute approximate surface area is 118 Å². The lowest BCUT2D eigenvalue weighted by molar-refractivity contribution is -0.133. The van der Waals surface area contributed by atoms with E-state index < -0.39 is 5.54 Å². The van der Waals surface area contributed by atoms with Crippen molar-refractivity contribution in [3.63, 3.8) is 0 Å². The molecule has 0 unspecified atom stereocenters. The largest absolute Gasteiger partial charge is 0.394 e. The van der Waals surface area contributed by atoms with Crippen molar-refractivity contribution in [3.05, 3.63) is 17.0 Å². The van der Waals surface area contributed by atoms with Gasteiger partial charge in [-0.15, -0.1) is 11.8 Å². The first-order valence-corrected chi connectivity index (χ1v) is 7.32. The molecule has 0 fully saturated rings. The molecule has 1 aromatic rings. The standard InChI is InChI=1S/C13H22N2O3S/c1-9-11(10(2)18-14-9)6-19-7-12(17)15(5)13(3,4)8-16/h16H,6-8H2,1-5H3. The molecule has 108 valence electrons. The molecular weight excluding hydrogens is 264 g/mol. The van der Waals surface area contributed by atoms with E-state index in [0.717, 1.165) is 17.0 Å². The highest BCUT2D eigenvalue weighted by Gasteiger charge is 2.26. The van der Waals surface area contributed by atoms with E-state index in [9.17, 15) is 9.90 Å². The summed E-state index contributed by atoms with van der Waals surface area (Å²) in [5, 5.41) is 13.1. The molecule has 6 heteroatoms. The average molecular weight is 286 g/mol. The van der Waals surface area contributed by atoms with E-state index in [1.807, 2.05) is 27.7 Å². The van der Waals surface area contributed by atoms with Crippen molar-refractivity contribution >= 4 is 17.7 Å².